The molecule has 1 N–H and O–H groups in total. The third kappa shape index (κ3) is 4.45. The molecule has 7 heteroatoms. The Bertz CT molecular complexity index is 1220. The first-order valence-electron chi connectivity index (χ1n) is 9.97. The van der Waals surface area contributed by atoms with Crippen molar-refractivity contribution in [2.45, 2.75) is 18.9 Å². The number of pyridine rings is 1. The molecule has 0 radical (unpaired) electrons. The Hall–Kier alpha value is -4.00. The molecule has 156 valence electrons. The zero-order chi connectivity index (χ0) is 21.8. The lowest BCUT2D eigenvalue weighted by Gasteiger charge is -2.17. The van der Waals surface area contributed by atoms with E-state index in [1.165, 1.54) is 12.1 Å². The molecule has 4 rings (SSSR count). The van der Waals surface area contributed by atoms with E-state index in [4.69, 9.17) is 0 Å². The lowest BCUT2D eigenvalue weighted by atomic mass is 9.88. The van der Waals surface area contributed by atoms with E-state index in [1.807, 2.05) is 54.2 Å². The third-order valence-corrected chi connectivity index (χ3v) is 5.44. The fourth-order valence-electron chi connectivity index (χ4n) is 3.85. The Morgan fingerprint density at radius 3 is 2.52 bits per heavy atom. The van der Waals surface area contributed by atoms with Gasteiger partial charge < -0.3 is 9.88 Å². The standard InChI is InChI=1S/C24H22N4O3/c1-27-16-22(20-4-2-3-5-23(20)27)21(18-6-8-19(9-7-18)28(30)31)14-24(29)26-15-17-10-12-25-13-11-17/h2-13,16,21H,14-15H2,1H3,(H,26,29)/t21-/m1/s1. The number of para-hydroxylation sites is 1. The lowest BCUT2D eigenvalue weighted by molar-refractivity contribution is -0.384. The molecular formula is C24H22N4O3. The first-order chi connectivity index (χ1) is 15.0. The zero-order valence-electron chi connectivity index (χ0n) is 17.1. The number of nitrogens with one attached hydrogen (secondary N) is 1. The van der Waals surface area contributed by atoms with Crippen molar-refractivity contribution in [2.75, 3.05) is 0 Å². The van der Waals surface area contributed by atoms with Crippen LogP contribution in [0.1, 0.15) is 29.0 Å². The summed E-state index contributed by atoms with van der Waals surface area (Å²) in [5.74, 6) is -0.322. The number of amides is 1. The van der Waals surface area contributed by atoms with E-state index in [2.05, 4.69) is 10.3 Å². The normalized spacial score (nSPS) is 11.9. The Morgan fingerprint density at radius 1 is 1.10 bits per heavy atom. The van der Waals surface area contributed by atoms with E-state index in [0.717, 1.165) is 27.6 Å². The second-order valence-electron chi connectivity index (χ2n) is 7.45. The van der Waals surface area contributed by atoms with Crippen molar-refractivity contribution in [1.29, 1.82) is 0 Å². The molecule has 2 heterocycles. The van der Waals surface area contributed by atoms with Crippen LogP contribution in [0.2, 0.25) is 0 Å². The maximum Gasteiger partial charge on any atom is 0.269 e. The summed E-state index contributed by atoms with van der Waals surface area (Å²) >= 11 is 0. The molecule has 0 aliphatic heterocycles. The van der Waals surface area contributed by atoms with Gasteiger partial charge in [0, 0.05) is 67.6 Å². The number of aromatic nitrogens is 2. The maximum atomic E-state index is 12.8. The van der Waals surface area contributed by atoms with Gasteiger partial charge in [0.1, 0.15) is 0 Å². The molecule has 0 bridgehead atoms. The summed E-state index contributed by atoms with van der Waals surface area (Å²) < 4.78 is 2.04. The van der Waals surface area contributed by atoms with Crippen molar-refractivity contribution in [3.63, 3.8) is 0 Å². The molecule has 0 aliphatic rings. The van der Waals surface area contributed by atoms with Crippen LogP contribution in [0.15, 0.2) is 79.3 Å². The van der Waals surface area contributed by atoms with Crippen LogP contribution in [0.25, 0.3) is 10.9 Å². The first-order valence-corrected chi connectivity index (χ1v) is 9.97. The number of hydrogen-bond donors (Lipinski definition) is 1. The van der Waals surface area contributed by atoms with Crippen LogP contribution in [-0.2, 0) is 18.4 Å². The molecule has 0 spiro atoms. The Morgan fingerprint density at radius 2 is 1.81 bits per heavy atom. The van der Waals surface area contributed by atoms with E-state index in [0.29, 0.717) is 6.54 Å². The van der Waals surface area contributed by atoms with Crippen LogP contribution in [0.4, 0.5) is 5.69 Å². The summed E-state index contributed by atoms with van der Waals surface area (Å²) in [4.78, 5) is 27.5. The molecular weight excluding hydrogens is 392 g/mol. The number of aryl methyl sites for hydroxylation is 1. The van der Waals surface area contributed by atoms with Gasteiger partial charge in [-0.3, -0.25) is 19.9 Å². The number of benzene rings is 2. The topological polar surface area (TPSA) is 90.1 Å². The summed E-state index contributed by atoms with van der Waals surface area (Å²) in [6.07, 6.45) is 5.65. The van der Waals surface area contributed by atoms with Crippen molar-refractivity contribution in [3.05, 3.63) is 106 Å². The van der Waals surface area contributed by atoms with Crippen LogP contribution in [0.5, 0.6) is 0 Å². The Kier molecular flexibility index (Phi) is 5.75. The predicted octanol–water partition coefficient (Wildman–Crippen LogP) is 4.32. The highest BCUT2D eigenvalue weighted by Gasteiger charge is 2.23. The smallest absolute Gasteiger partial charge is 0.269 e. The second-order valence-corrected chi connectivity index (χ2v) is 7.45. The summed E-state index contributed by atoms with van der Waals surface area (Å²) in [5.41, 5.74) is 3.96. The van der Waals surface area contributed by atoms with Crippen LogP contribution >= 0.6 is 0 Å². The molecule has 4 aromatic rings. The van der Waals surface area contributed by atoms with Gasteiger partial charge >= 0.3 is 0 Å². The molecule has 0 saturated heterocycles. The lowest BCUT2D eigenvalue weighted by Crippen LogP contribution is -2.25. The minimum Gasteiger partial charge on any atom is -0.352 e. The summed E-state index contributed by atoms with van der Waals surface area (Å²) in [6.45, 7) is 0.421. The highest BCUT2D eigenvalue weighted by atomic mass is 16.6. The molecule has 0 saturated carbocycles. The SMILES string of the molecule is Cn1cc([C@H](CC(=O)NCc2ccncc2)c2ccc([N+](=O)[O-])cc2)c2ccccc21. The van der Waals surface area contributed by atoms with Crippen molar-refractivity contribution in [3.8, 4) is 0 Å². The van der Waals surface area contributed by atoms with Crippen molar-refractivity contribution < 1.29 is 9.72 Å². The molecule has 0 aliphatic carbocycles. The van der Waals surface area contributed by atoms with Gasteiger partial charge in [-0.1, -0.05) is 30.3 Å². The zero-order valence-corrected chi connectivity index (χ0v) is 17.1. The van der Waals surface area contributed by atoms with E-state index in [9.17, 15) is 14.9 Å². The van der Waals surface area contributed by atoms with Crippen LogP contribution < -0.4 is 5.32 Å². The quantitative estimate of drug-likeness (QED) is 0.360. The van der Waals surface area contributed by atoms with Gasteiger partial charge in [0.2, 0.25) is 5.91 Å². The highest BCUT2D eigenvalue weighted by Crippen LogP contribution is 2.35. The van der Waals surface area contributed by atoms with E-state index < -0.39 is 4.92 Å². The molecule has 2 aromatic carbocycles. The van der Waals surface area contributed by atoms with E-state index in [1.54, 1.807) is 24.5 Å². The number of carbonyl (C=O) groups excluding carboxylic acids is 1. The monoisotopic (exact) mass is 414 g/mol. The van der Waals surface area contributed by atoms with Gasteiger partial charge in [-0.05, 0) is 34.9 Å². The summed E-state index contributed by atoms with van der Waals surface area (Å²) in [5, 5.41) is 15.1. The molecule has 0 fully saturated rings. The number of hydrogen-bond acceptors (Lipinski definition) is 4. The number of nitro groups is 1. The Labute approximate surface area is 179 Å². The van der Waals surface area contributed by atoms with Crippen molar-refractivity contribution in [1.82, 2.24) is 14.9 Å². The van der Waals surface area contributed by atoms with Gasteiger partial charge in [0.05, 0.1) is 4.92 Å². The largest absolute Gasteiger partial charge is 0.352 e. The average Bonchev–Trinajstić information content (AvgIpc) is 3.13. The maximum absolute atomic E-state index is 12.8. The molecule has 1 amide bonds. The fourth-order valence-corrected chi connectivity index (χ4v) is 3.85. The number of nitro benzene ring substituents is 1. The van der Waals surface area contributed by atoms with Gasteiger partial charge in [0.15, 0.2) is 0 Å². The van der Waals surface area contributed by atoms with Crippen LogP contribution in [-0.4, -0.2) is 20.4 Å². The van der Waals surface area contributed by atoms with Crippen LogP contribution in [0.3, 0.4) is 0 Å². The minimum absolute atomic E-state index is 0.0301. The van der Waals surface area contributed by atoms with Gasteiger partial charge in [-0.15, -0.1) is 0 Å². The number of carbonyl (C=O) groups is 1. The van der Waals surface area contributed by atoms with Crippen molar-refractivity contribution in [2.24, 2.45) is 7.05 Å². The minimum atomic E-state index is -0.419. The predicted molar refractivity (Wildman–Crippen MR) is 119 cm³/mol. The van der Waals surface area contributed by atoms with Gasteiger partial charge in [0.25, 0.3) is 5.69 Å². The van der Waals surface area contributed by atoms with Gasteiger partial charge in [-0.2, -0.15) is 0 Å². The van der Waals surface area contributed by atoms with E-state index >= 15 is 0 Å². The first kappa shape index (κ1) is 20.3. The second kappa shape index (κ2) is 8.79. The molecule has 7 nitrogen and oxygen atoms in total. The average molecular weight is 414 g/mol. The summed E-state index contributed by atoms with van der Waals surface area (Å²) in [7, 11) is 1.97. The third-order valence-electron chi connectivity index (χ3n) is 5.44. The fraction of sp³-hybridized carbons (Fsp3) is 0.167. The Balaban J connectivity index is 1.65. The highest BCUT2D eigenvalue weighted by molar-refractivity contribution is 5.86. The van der Waals surface area contributed by atoms with Crippen molar-refractivity contribution >= 4 is 22.5 Å². The number of rotatable bonds is 7. The van der Waals surface area contributed by atoms with E-state index in [-0.39, 0.29) is 23.9 Å². The molecule has 2 aromatic heterocycles. The molecule has 1 atom stereocenters. The van der Waals surface area contributed by atoms with Gasteiger partial charge in [-0.25, -0.2) is 0 Å². The molecule has 0 unspecified atom stereocenters. The number of non-ortho nitro benzene ring substituents is 1. The van der Waals surface area contributed by atoms with Crippen LogP contribution in [0, 0.1) is 10.1 Å². The number of nitrogens with zero attached hydrogens (tertiary/aromatic N) is 3. The summed E-state index contributed by atoms with van der Waals surface area (Å²) in [6, 6.07) is 18.2. The number of fused-ring (bicyclic) bond motifs is 1. The molecule has 31 heavy (non-hydrogen) atoms.